The van der Waals surface area contributed by atoms with Gasteiger partial charge in [0.25, 0.3) is 0 Å². The Bertz CT molecular complexity index is 791. The lowest BCUT2D eigenvalue weighted by molar-refractivity contribution is 0.387. The SMILES string of the molecule is Cc1nc(CCNS(=O)(=O)c2ccc(N)cc2C#N)no1. The van der Waals surface area contributed by atoms with Crippen LogP contribution in [-0.2, 0) is 16.4 Å². The van der Waals surface area contributed by atoms with Crippen molar-refractivity contribution in [3.05, 3.63) is 35.5 Å². The van der Waals surface area contributed by atoms with E-state index in [4.69, 9.17) is 15.5 Å². The summed E-state index contributed by atoms with van der Waals surface area (Å²) in [4.78, 5) is 3.86. The minimum absolute atomic E-state index is 0.00194. The molecule has 0 atom stereocenters. The fourth-order valence-electron chi connectivity index (χ4n) is 1.69. The predicted octanol–water partition coefficient (Wildman–Crippen LogP) is 0.353. The summed E-state index contributed by atoms with van der Waals surface area (Å²) in [7, 11) is -3.80. The molecule has 2 aromatic rings. The molecule has 110 valence electrons. The molecule has 0 aliphatic rings. The van der Waals surface area contributed by atoms with Gasteiger partial charge in [-0.05, 0) is 18.2 Å². The standard InChI is InChI=1S/C12H13N5O3S/c1-8-16-12(17-20-8)4-5-15-21(18,19)11-3-2-10(14)6-9(11)7-13/h2-3,6,15H,4-5,14H2,1H3. The van der Waals surface area contributed by atoms with Gasteiger partial charge in [0.15, 0.2) is 5.82 Å². The number of anilines is 1. The molecule has 8 nitrogen and oxygen atoms in total. The largest absolute Gasteiger partial charge is 0.399 e. The van der Waals surface area contributed by atoms with Crippen molar-refractivity contribution in [1.82, 2.24) is 14.9 Å². The Hall–Kier alpha value is -2.44. The van der Waals surface area contributed by atoms with Crippen LogP contribution in [0.4, 0.5) is 5.69 Å². The third kappa shape index (κ3) is 3.56. The second-order valence-corrected chi connectivity index (χ2v) is 5.98. The summed E-state index contributed by atoms with van der Waals surface area (Å²) in [5.74, 6) is 0.825. The fraction of sp³-hybridized carbons (Fsp3) is 0.250. The summed E-state index contributed by atoms with van der Waals surface area (Å²) >= 11 is 0. The first-order chi connectivity index (χ1) is 9.92. The number of hydrogen-bond acceptors (Lipinski definition) is 7. The van der Waals surface area contributed by atoms with Crippen LogP contribution >= 0.6 is 0 Å². The second kappa shape index (κ2) is 5.90. The number of nitrogens with two attached hydrogens (primary N) is 1. The summed E-state index contributed by atoms with van der Waals surface area (Å²) in [5.41, 5.74) is 5.86. The molecule has 1 aromatic heterocycles. The second-order valence-electron chi connectivity index (χ2n) is 4.24. The number of nitrogens with one attached hydrogen (secondary N) is 1. The number of benzene rings is 1. The summed E-state index contributed by atoms with van der Waals surface area (Å²) in [6, 6.07) is 5.86. The molecule has 0 aliphatic heterocycles. The molecule has 0 aliphatic carbocycles. The van der Waals surface area contributed by atoms with Gasteiger partial charge in [-0.3, -0.25) is 0 Å². The van der Waals surface area contributed by atoms with Crippen molar-refractivity contribution in [2.45, 2.75) is 18.2 Å². The van der Waals surface area contributed by atoms with Crippen molar-refractivity contribution in [3.63, 3.8) is 0 Å². The van der Waals surface area contributed by atoms with Gasteiger partial charge in [0.1, 0.15) is 6.07 Å². The maximum atomic E-state index is 12.2. The van der Waals surface area contributed by atoms with Crippen molar-refractivity contribution in [1.29, 1.82) is 5.26 Å². The van der Waals surface area contributed by atoms with E-state index in [1.54, 1.807) is 6.92 Å². The van der Waals surface area contributed by atoms with Crippen molar-refractivity contribution in [2.24, 2.45) is 0 Å². The lowest BCUT2D eigenvalue weighted by Crippen LogP contribution is -2.27. The predicted molar refractivity (Wildman–Crippen MR) is 73.5 cm³/mol. The van der Waals surface area contributed by atoms with E-state index < -0.39 is 10.0 Å². The summed E-state index contributed by atoms with van der Waals surface area (Å²) in [6.07, 6.45) is 0.285. The number of nitrogen functional groups attached to an aromatic ring is 1. The Balaban J connectivity index is 2.10. The number of aryl methyl sites for hydroxylation is 1. The van der Waals surface area contributed by atoms with Gasteiger partial charge >= 0.3 is 0 Å². The van der Waals surface area contributed by atoms with Gasteiger partial charge in [-0.2, -0.15) is 10.2 Å². The first-order valence-corrected chi connectivity index (χ1v) is 7.49. The average Bonchev–Trinajstić information content (AvgIpc) is 2.83. The van der Waals surface area contributed by atoms with Gasteiger partial charge in [0.2, 0.25) is 15.9 Å². The maximum Gasteiger partial charge on any atom is 0.241 e. The highest BCUT2D eigenvalue weighted by atomic mass is 32.2. The molecule has 0 unspecified atom stereocenters. The summed E-state index contributed by atoms with van der Waals surface area (Å²) in [6.45, 7) is 1.74. The van der Waals surface area contributed by atoms with Crippen molar-refractivity contribution >= 4 is 15.7 Å². The Morgan fingerprint density at radius 2 is 2.24 bits per heavy atom. The third-order valence-electron chi connectivity index (χ3n) is 2.62. The third-order valence-corrected chi connectivity index (χ3v) is 4.14. The van der Waals surface area contributed by atoms with Crippen LogP contribution in [0.1, 0.15) is 17.3 Å². The number of rotatable bonds is 5. The Labute approximate surface area is 121 Å². The molecule has 2 rings (SSSR count). The smallest absolute Gasteiger partial charge is 0.241 e. The zero-order valence-corrected chi connectivity index (χ0v) is 12.0. The average molecular weight is 307 g/mol. The molecule has 1 heterocycles. The van der Waals surface area contributed by atoms with Crippen LogP contribution in [0.2, 0.25) is 0 Å². The Kier molecular flexibility index (Phi) is 4.21. The van der Waals surface area contributed by atoms with E-state index in [1.165, 1.54) is 18.2 Å². The van der Waals surface area contributed by atoms with E-state index in [0.29, 0.717) is 17.4 Å². The van der Waals surface area contributed by atoms with Crippen LogP contribution in [0.3, 0.4) is 0 Å². The van der Waals surface area contributed by atoms with Gasteiger partial charge in [0, 0.05) is 25.6 Å². The Morgan fingerprint density at radius 1 is 1.48 bits per heavy atom. The highest BCUT2D eigenvalue weighted by molar-refractivity contribution is 7.89. The zero-order chi connectivity index (χ0) is 15.5. The van der Waals surface area contributed by atoms with Crippen LogP contribution in [0.25, 0.3) is 0 Å². The van der Waals surface area contributed by atoms with E-state index >= 15 is 0 Å². The molecule has 0 amide bonds. The number of aromatic nitrogens is 2. The minimum Gasteiger partial charge on any atom is -0.399 e. The molecule has 0 radical (unpaired) electrons. The van der Waals surface area contributed by atoms with Gasteiger partial charge in [-0.1, -0.05) is 5.16 Å². The number of nitriles is 1. The summed E-state index contributed by atoms with van der Waals surface area (Å²) < 4.78 is 31.5. The van der Waals surface area contributed by atoms with Crippen LogP contribution in [-0.4, -0.2) is 25.1 Å². The highest BCUT2D eigenvalue weighted by Gasteiger charge is 2.18. The van der Waals surface area contributed by atoms with Gasteiger partial charge in [0.05, 0.1) is 10.5 Å². The minimum atomic E-state index is -3.80. The van der Waals surface area contributed by atoms with Crippen molar-refractivity contribution in [2.75, 3.05) is 12.3 Å². The van der Waals surface area contributed by atoms with E-state index in [-0.39, 0.29) is 23.4 Å². The molecule has 0 fully saturated rings. The van der Waals surface area contributed by atoms with Crippen molar-refractivity contribution < 1.29 is 12.9 Å². The van der Waals surface area contributed by atoms with E-state index in [2.05, 4.69) is 14.9 Å². The molecule has 0 saturated heterocycles. The van der Waals surface area contributed by atoms with E-state index in [9.17, 15) is 8.42 Å². The van der Waals surface area contributed by atoms with E-state index in [1.807, 2.05) is 6.07 Å². The first kappa shape index (κ1) is 15.0. The van der Waals surface area contributed by atoms with Crippen LogP contribution in [0, 0.1) is 18.3 Å². The topological polar surface area (TPSA) is 135 Å². The molecule has 3 N–H and O–H groups in total. The highest BCUT2D eigenvalue weighted by Crippen LogP contribution is 2.17. The maximum absolute atomic E-state index is 12.2. The fourth-order valence-corrected chi connectivity index (χ4v) is 2.85. The van der Waals surface area contributed by atoms with Gasteiger partial charge in [-0.25, -0.2) is 13.1 Å². The lowest BCUT2D eigenvalue weighted by atomic mass is 10.2. The molecule has 1 aromatic carbocycles. The van der Waals surface area contributed by atoms with Crippen LogP contribution in [0.15, 0.2) is 27.6 Å². The van der Waals surface area contributed by atoms with Crippen molar-refractivity contribution in [3.8, 4) is 6.07 Å². The van der Waals surface area contributed by atoms with Gasteiger partial charge in [-0.15, -0.1) is 0 Å². The zero-order valence-electron chi connectivity index (χ0n) is 11.2. The van der Waals surface area contributed by atoms with E-state index in [0.717, 1.165) is 0 Å². The van der Waals surface area contributed by atoms with Crippen LogP contribution in [0.5, 0.6) is 0 Å². The quantitative estimate of drug-likeness (QED) is 0.761. The number of hydrogen-bond donors (Lipinski definition) is 2. The normalized spacial score (nSPS) is 11.2. The molecule has 9 heteroatoms. The first-order valence-electron chi connectivity index (χ1n) is 6.01. The molecular weight excluding hydrogens is 294 g/mol. The van der Waals surface area contributed by atoms with Gasteiger partial charge < -0.3 is 10.3 Å². The number of sulfonamides is 1. The molecule has 21 heavy (non-hydrogen) atoms. The molecule has 0 bridgehead atoms. The Morgan fingerprint density at radius 3 is 2.86 bits per heavy atom. The molecule has 0 spiro atoms. The number of nitrogens with zero attached hydrogens (tertiary/aromatic N) is 3. The monoisotopic (exact) mass is 307 g/mol. The summed E-state index contributed by atoms with van der Waals surface area (Å²) in [5, 5.41) is 12.6. The molecular formula is C12H13N5O3S. The lowest BCUT2D eigenvalue weighted by Gasteiger charge is -2.07. The van der Waals surface area contributed by atoms with Crippen LogP contribution < -0.4 is 10.5 Å². The molecule has 0 saturated carbocycles.